The van der Waals surface area contributed by atoms with Crippen LogP contribution in [0.15, 0.2) is 30.4 Å². The van der Waals surface area contributed by atoms with Crippen molar-refractivity contribution in [2.24, 2.45) is 5.73 Å². The molecule has 18 heavy (non-hydrogen) atoms. The Labute approximate surface area is 110 Å². The van der Waals surface area contributed by atoms with Gasteiger partial charge in [0.2, 0.25) is 0 Å². The minimum atomic E-state index is 0.523. The van der Waals surface area contributed by atoms with Crippen molar-refractivity contribution in [3.05, 3.63) is 35.9 Å². The third-order valence-electron chi connectivity index (χ3n) is 2.40. The maximum absolute atomic E-state index is 5.74. The van der Waals surface area contributed by atoms with Crippen molar-refractivity contribution >= 4 is 0 Å². The van der Waals surface area contributed by atoms with Gasteiger partial charge in [0.15, 0.2) is 0 Å². The summed E-state index contributed by atoms with van der Waals surface area (Å²) in [5, 5.41) is 0. The molecule has 0 radical (unpaired) electrons. The highest BCUT2D eigenvalue weighted by Crippen LogP contribution is 2.25. The van der Waals surface area contributed by atoms with Crippen LogP contribution >= 0.6 is 0 Å². The molecule has 3 nitrogen and oxygen atoms in total. The molecule has 0 spiro atoms. The molecule has 1 aromatic rings. The number of hydrogen-bond acceptors (Lipinski definition) is 3. The van der Waals surface area contributed by atoms with Crippen molar-refractivity contribution in [2.75, 3.05) is 19.8 Å². The zero-order chi connectivity index (χ0) is 13.4. The van der Waals surface area contributed by atoms with Crippen molar-refractivity contribution in [3.8, 4) is 11.5 Å². The number of rotatable bonds is 8. The van der Waals surface area contributed by atoms with Crippen LogP contribution in [0.3, 0.4) is 0 Å². The van der Waals surface area contributed by atoms with E-state index in [4.69, 9.17) is 15.2 Å². The first-order chi connectivity index (χ1) is 8.67. The van der Waals surface area contributed by atoms with Crippen LogP contribution in [0.5, 0.6) is 11.5 Å². The van der Waals surface area contributed by atoms with Crippen LogP contribution in [-0.2, 0) is 6.42 Å². The van der Waals surface area contributed by atoms with Gasteiger partial charge in [-0.2, -0.15) is 0 Å². The SMILES string of the molecule is C=C(C)COc1cc(OCCC)ccc1CCN. The molecule has 0 unspecified atom stereocenters. The second kappa shape index (κ2) is 7.77. The highest BCUT2D eigenvalue weighted by atomic mass is 16.5. The van der Waals surface area contributed by atoms with Gasteiger partial charge >= 0.3 is 0 Å². The topological polar surface area (TPSA) is 44.5 Å². The van der Waals surface area contributed by atoms with Gasteiger partial charge in [-0.15, -0.1) is 0 Å². The van der Waals surface area contributed by atoms with Crippen molar-refractivity contribution in [2.45, 2.75) is 26.7 Å². The van der Waals surface area contributed by atoms with E-state index in [9.17, 15) is 0 Å². The van der Waals surface area contributed by atoms with Gasteiger partial charge in [0.1, 0.15) is 18.1 Å². The van der Waals surface area contributed by atoms with Crippen molar-refractivity contribution in [1.82, 2.24) is 0 Å². The van der Waals surface area contributed by atoms with Crippen LogP contribution in [0.4, 0.5) is 0 Å². The van der Waals surface area contributed by atoms with Crippen molar-refractivity contribution in [1.29, 1.82) is 0 Å². The molecule has 1 aromatic carbocycles. The van der Waals surface area contributed by atoms with Crippen molar-refractivity contribution < 1.29 is 9.47 Å². The van der Waals surface area contributed by atoms with E-state index < -0.39 is 0 Å². The maximum Gasteiger partial charge on any atom is 0.126 e. The summed E-state index contributed by atoms with van der Waals surface area (Å²) < 4.78 is 11.3. The summed E-state index contributed by atoms with van der Waals surface area (Å²) in [5.74, 6) is 1.69. The molecule has 0 fully saturated rings. The fourth-order valence-electron chi connectivity index (χ4n) is 1.54. The number of benzene rings is 1. The van der Waals surface area contributed by atoms with Crippen LogP contribution in [0.1, 0.15) is 25.8 Å². The van der Waals surface area contributed by atoms with E-state index in [0.717, 1.165) is 42.1 Å². The van der Waals surface area contributed by atoms with E-state index in [1.54, 1.807) is 0 Å². The second-order valence-corrected chi connectivity index (χ2v) is 4.40. The zero-order valence-corrected chi connectivity index (χ0v) is 11.4. The average Bonchev–Trinajstić information content (AvgIpc) is 2.36. The Kier molecular flexibility index (Phi) is 6.29. The molecule has 0 bridgehead atoms. The maximum atomic E-state index is 5.74. The van der Waals surface area contributed by atoms with Gasteiger partial charge in [-0.3, -0.25) is 0 Å². The van der Waals surface area contributed by atoms with E-state index in [2.05, 4.69) is 13.5 Å². The van der Waals surface area contributed by atoms with Crippen LogP contribution in [-0.4, -0.2) is 19.8 Å². The first-order valence-electron chi connectivity index (χ1n) is 6.40. The lowest BCUT2D eigenvalue weighted by Gasteiger charge is -2.13. The monoisotopic (exact) mass is 249 g/mol. The largest absolute Gasteiger partial charge is 0.493 e. The van der Waals surface area contributed by atoms with Crippen LogP contribution in [0.2, 0.25) is 0 Å². The summed E-state index contributed by atoms with van der Waals surface area (Å²) in [6.45, 7) is 9.72. The predicted octanol–water partition coefficient (Wildman–Crippen LogP) is 2.93. The van der Waals surface area contributed by atoms with Gasteiger partial charge < -0.3 is 15.2 Å². The quantitative estimate of drug-likeness (QED) is 0.720. The second-order valence-electron chi connectivity index (χ2n) is 4.40. The summed E-state index contributed by atoms with van der Waals surface area (Å²) >= 11 is 0. The van der Waals surface area contributed by atoms with Crippen LogP contribution < -0.4 is 15.2 Å². The van der Waals surface area contributed by atoms with E-state index in [1.807, 2.05) is 25.1 Å². The zero-order valence-electron chi connectivity index (χ0n) is 11.4. The fraction of sp³-hybridized carbons (Fsp3) is 0.467. The molecule has 0 aliphatic rings. The molecule has 2 N–H and O–H groups in total. The normalized spacial score (nSPS) is 10.2. The van der Waals surface area contributed by atoms with Gasteiger partial charge in [-0.1, -0.05) is 19.6 Å². The first kappa shape index (κ1) is 14.6. The molecule has 0 amide bonds. The molecule has 0 aromatic heterocycles. The predicted molar refractivity (Wildman–Crippen MR) is 75.3 cm³/mol. The molecular formula is C15H23NO2. The van der Waals surface area contributed by atoms with Gasteiger partial charge in [0, 0.05) is 6.07 Å². The molecule has 0 atom stereocenters. The average molecular weight is 249 g/mol. The fourth-order valence-corrected chi connectivity index (χ4v) is 1.54. The first-order valence-corrected chi connectivity index (χ1v) is 6.40. The Morgan fingerprint density at radius 3 is 2.72 bits per heavy atom. The minimum absolute atomic E-state index is 0.523. The molecule has 0 saturated heterocycles. The van der Waals surface area contributed by atoms with Crippen LogP contribution in [0.25, 0.3) is 0 Å². The Hall–Kier alpha value is -1.48. The summed E-state index contributed by atoms with van der Waals surface area (Å²) in [7, 11) is 0. The number of nitrogens with two attached hydrogens (primary N) is 1. The summed E-state index contributed by atoms with van der Waals surface area (Å²) in [6, 6.07) is 5.92. The minimum Gasteiger partial charge on any atom is -0.493 e. The summed E-state index contributed by atoms with van der Waals surface area (Å²) in [4.78, 5) is 0. The van der Waals surface area contributed by atoms with E-state index in [0.29, 0.717) is 13.2 Å². The van der Waals surface area contributed by atoms with Gasteiger partial charge in [-0.05, 0) is 43.5 Å². The van der Waals surface area contributed by atoms with Crippen LogP contribution in [0, 0.1) is 0 Å². The molecule has 0 aliphatic carbocycles. The Bertz CT molecular complexity index is 388. The van der Waals surface area contributed by atoms with Gasteiger partial charge in [-0.25, -0.2) is 0 Å². The van der Waals surface area contributed by atoms with E-state index in [-0.39, 0.29) is 0 Å². The lowest BCUT2D eigenvalue weighted by Crippen LogP contribution is -2.07. The van der Waals surface area contributed by atoms with Gasteiger partial charge in [0.05, 0.1) is 6.61 Å². The molecule has 0 aliphatic heterocycles. The number of hydrogen-bond donors (Lipinski definition) is 1. The standard InChI is InChI=1S/C15H23NO2/c1-4-9-17-14-6-5-13(7-8-16)15(10-14)18-11-12(2)3/h5-6,10H,2,4,7-9,11,16H2,1,3H3. The lowest BCUT2D eigenvalue weighted by molar-refractivity contribution is 0.310. The molecule has 0 saturated carbocycles. The highest BCUT2D eigenvalue weighted by molar-refractivity contribution is 5.41. The summed E-state index contributed by atoms with van der Waals surface area (Å²) in [6.07, 6.45) is 1.80. The molecule has 1 rings (SSSR count). The Balaban J connectivity index is 2.81. The van der Waals surface area contributed by atoms with Crippen molar-refractivity contribution in [3.63, 3.8) is 0 Å². The third-order valence-corrected chi connectivity index (χ3v) is 2.40. The molecule has 100 valence electrons. The smallest absolute Gasteiger partial charge is 0.126 e. The third kappa shape index (κ3) is 4.80. The lowest BCUT2D eigenvalue weighted by atomic mass is 10.1. The Morgan fingerprint density at radius 1 is 1.33 bits per heavy atom. The van der Waals surface area contributed by atoms with Gasteiger partial charge in [0.25, 0.3) is 0 Å². The number of ether oxygens (including phenoxy) is 2. The molecular weight excluding hydrogens is 226 g/mol. The van der Waals surface area contributed by atoms with E-state index >= 15 is 0 Å². The summed E-state index contributed by atoms with van der Waals surface area (Å²) in [5.41, 5.74) is 7.71. The molecule has 3 heteroatoms. The molecule has 0 heterocycles. The van der Waals surface area contributed by atoms with E-state index in [1.165, 1.54) is 0 Å². The Morgan fingerprint density at radius 2 is 2.11 bits per heavy atom. The highest BCUT2D eigenvalue weighted by Gasteiger charge is 2.06.